The molecule has 0 saturated heterocycles. The van der Waals surface area contributed by atoms with Crippen LogP contribution in [0.1, 0.15) is 17.9 Å². The topological polar surface area (TPSA) is 51.5 Å². The molecule has 0 N–H and O–H groups in total. The molecule has 0 fully saturated rings. The van der Waals surface area contributed by atoms with Crippen molar-refractivity contribution < 1.29 is 18.6 Å². The Morgan fingerprint density at radius 2 is 1.74 bits per heavy atom. The minimum Gasteiger partial charge on any atom is -0.493 e. The predicted octanol–water partition coefficient (Wildman–Crippen LogP) is 3.92. The third-order valence-electron chi connectivity index (χ3n) is 3.46. The Balaban J connectivity index is 2.01. The van der Waals surface area contributed by atoms with E-state index in [4.69, 9.17) is 14.2 Å². The first kappa shape index (κ1) is 16.6. The van der Waals surface area contributed by atoms with Gasteiger partial charge in [0, 0.05) is 6.42 Å². The van der Waals surface area contributed by atoms with Gasteiger partial charge >= 0.3 is 0 Å². The highest BCUT2D eigenvalue weighted by Crippen LogP contribution is 2.36. The van der Waals surface area contributed by atoms with Gasteiger partial charge in [0.25, 0.3) is 0 Å². The van der Waals surface area contributed by atoms with Crippen molar-refractivity contribution in [3.63, 3.8) is 0 Å². The highest BCUT2D eigenvalue weighted by Gasteiger charge is 2.14. The molecule has 0 aromatic heterocycles. The summed E-state index contributed by atoms with van der Waals surface area (Å²) in [4.78, 5) is 0. The zero-order valence-electron chi connectivity index (χ0n) is 13.1. The van der Waals surface area contributed by atoms with Crippen LogP contribution in [0.3, 0.4) is 0 Å². The van der Waals surface area contributed by atoms with Crippen molar-refractivity contribution >= 4 is 0 Å². The lowest BCUT2D eigenvalue weighted by Crippen LogP contribution is -2.05. The number of para-hydroxylation sites is 1. The lowest BCUT2D eigenvalue weighted by molar-refractivity contribution is 0.277. The average molecular weight is 315 g/mol. The summed E-state index contributed by atoms with van der Waals surface area (Å²) in [5.74, 6) is 0.989. The monoisotopic (exact) mass is 315 g/mol. The zero-order valence-corrected chi connectivity index (χ0v) is 13.1. The predicted molar refractivity (Wildman–Crippen MR) is 84.4 cm³/mol. The van der Waals surface area contributed by atoms with Gasteiger partial charge in [-0.05, 0) is 29.8 Å². The molecule has 0 saturated carbocycles. The highest BCUT2D eigenvalue weighted by atomic mass is 19.1. The summed E-state index contributed by atoms with van der Waals surface area (Å²) in [6, 6.07) is 13.5. The van der Waals surface area contributed by atoms with E-state index in [-0.39, 0.29) is 11.7 Å². The second-order valence-corrected chi connectivity index (χ2v) is 4.86. The number of nitrogens with zero attached hydrogens (tertiary/aromatic N) is 1. The number of halogens is 1. The summed E-state index contributed by atoms with van der Waals surface area (Å²) in [5.41, 5.74) is 0.773. The minimum atomic E-state index is -0.354. The molecule has 0 aliphatic rings. The van der Waals surface area contributed by atoms with Crippen molar-refractivity contribution in [2.45, 2.75) is 12.3 Å². The third-order valence-corrected chi connectivity index (χ3v) is 3.46. The van der Waals surface area contributed by atoms with E-state index in [1.165, 1.54) is 12.1 Å². The van der Waals surface area contributed by atoms with Crippen LogP contribution in [-0.4, -0.2) is 20.8 Å². The number of benzene rings is 2. The lowest BCUT2D eigenvalue weighted by atomic mass is 9.98. The largest absolute Gasteiger partial charge is 0.493 e. The van der Waals surface area contributed by atoms with Crippen LogP contribution in [0.15, 0.2) is 42.5 Å². The van der Waals surface area contributed by atoms with Crippen LogP contribution in [0.25, 0.3) is 0 Å². The maximum absolute atomic E-state index is 12.9. The van der Waals surface area contributed by atoms with Gasteiger partial charge in [-0.3, -0.25) is 0 Å². The van der Waals surface area contributed by atoms with E-state index >= 15 is 0 Å². The zero-order chi connectivity index (χ0) is 16.7. The first-order valence-corrected chi connectivity index (χ1v) is 7.18. The van der Waals surface area contributed by atoms with Crippen molar-refractivity contribution in [2.75, 3.05) is 20.8 Å². The molecule has 2 aromatic rings. The Morgan fingerprint density at radius 3 is 2.35 bits per heavy atom. The molecule has 2 rings (SSSR count). The Kier molecular flexibility index (Phi) is 5.81. The van der Waals surface area contributed by atoms with E-state index in [9.17, 15) is 9.65 Å². The van der Waals surface area contributed by atoms with Crippen LogP contribution in [0.5, 0.6) is 17.2 Å². The Morgan fingerprint density at radius 1 is 1.04 bits per heavy atom. The minimum absolute atomic E-state index is 0.317. The van der Waals surface area contributed by atoms with Gasteiger partial charge in [0.2, 0.25) is 5.75 Å². The number of hydrogen-bond donors (Lipinski definition) is 0. The van der Waals surface area contributed by atoms with Crippen LogP contribution in [0.2, 0.25) is 0 Å². The number of ether oxygens (including phenoxy) is 3. The molecular weight excluding hydrogens is 297 g/mol. The van der Waals surface area contributed by atoms with E-state index in [2.05, 4.69) is 6.07 Å². The summed E-state index contributed by atoms with van der Waals surface area (Å²) < 4.78 is 29.2. The summed E-state index contributed by atoms with van der Waals surface area (Å²) in [6.45, 7) is 0.332. The average Bonchev–Trinajstić information content (AvgIpc) is 2.59. The summed E-state index contributed by atoms with van der Waals surface area (Å²) in [6.07, 6.45) is 0.489. The first-order valence-electron chi connectivity index (χ1n) is 7.18. The molecule has 0 aliphatic heterocycles. The lowest BCUT2D eigenvalue weighted by Gasteiger charge is -2.15. The van der Waals surface area contributed by atoms with Crippen LogP contribution in [0.4, 0.5) is 4.39 Å². The Bertz CT molecular complexity index is 680. The molecule has 5 heteroatoms. The van der Waals surface area contributed by atoms with Crippen molar-refractivity contribution in [1.29, 1.82) is 5.26 Å². The molecule has 1 unspecified atom stereocenters. The number of hydrogen-bond acceptors (Lipinski definition) is 4. The van der Waals surface area contributed by atoms with Gasteiger partial charge in [-0.2, -0.15) is 5.26 Å². The summed E-state index contributed by atoms with van der Waals surface area (Å²) >= 11 is 0. The van der Waals surface area contributed by atoms with Gasteiger partial charge in [-0.25, -0.2) is 4.39 Å². The van der Waals surface area contributed by atoms with E-state index < -0.39 is 0 Å². The smallest absolute Gasteiger partial charge is 0.203 e. The molecule has 0 amide bonds. The van der Waals surface area contributed by atoms with E-state index in [1.54, 1.807) is 44.6 Å². The molecular formula is C18H18FNO3. The molecule has 0 radical (unpaired) electrons. The molecule has 1 atom stereocenters. The van der Waals surface area contributed by atoms with Crippen LogP contribution in [0, 0.1) is 17.1 Å². The molecule has 0 bridgehead atoms. The van der Waals surface area contributed by atoms with Crippen LogP contribution >= 0.6 is 0 Å². The second-order valence-electron chi connectivity index (χ2n) is 4.86. The molecule has 23 heavy (non-hydrogen) atoms. The summed E-state index contributed by atoms with van der Waals surface area (Å²) in [5, 5.41) is 9.28. The highest BCUT2D eigenvalue weighted by molar-refractivity contribution is 5.51. The fourth-order valence-electron chi connectivity index (χ4n) is 2.26. The van der Waals surface area contributed by atoms with E-state index in [0.29, 0.717) is 30.3 Å². The standard InChI is InChI=1S/C18H18FNO3/c1-21-16-4-3-5-17(18(16)22-2)23-11-10-14(12-20)13-6-8-15(19)9-7-13/h3-9,14H,10-11H2,1-2H3. The number of nitriles is 1. The van der Waals surface area contributed by atoms with E-state index in [0.717, 1.165) is 5.56 Å². The van der Waals surface area contributed by atoms with Crippen molar-refractivity contribution in [3.05, 3.63) is 53.8 Å². The first-order chi connectivity index (χ1) is 11.2. The summed E-state index contributed by atoms with van der Waals surface area (Å²) in [7, 11) is 3.10. The maximum Gasteiger partial charge on any atom is 0.203 e. The molecule has 4 nitrogen and oxygen atoms in total. The van der Waals surface area contributed by atoms with Gasteiger partial charge < -0.3 is 14.2 Å². The number of rotatable bonds is 7. The van der Waals surface area contributed by atoms with Crippen LogP contribution < -0.4 is 14.2 Å². The van der Waals surface area contributed by atoms with Crippen molar-refractivity contribution in [2.24, 2.45) is 0 Å². The second kappa shape index (κ2) is 8.04. The number of methoxy groups -OCH3 is 2. The molecule has 2 aromatic carbocycles. The molecule has 0 heterocycles. The van der Waals surface area contributed by atoms with Crippen molar-refractivity contribution in [3.8, 4) is 23.3 Å². The van der Waals surface area contributed by atoms with Gasteiger partial charge in [0.15, 0.2) is 11.5 Å². The fraction of sp³-hybridized carbons (Fsp3) is 0.278. The van der Waals surface area contributed by atoms with Crippen molar-refractivity contribution in [1.82, 2.24) is 0 Å². The quantitative estimate of drug-likeness (QED) is 0.777. The fourth-order valence-corrected chi connectivity index (χ4v) is 2.26. The molecule has 120 valence electrons. The van der Waals surface area contributed by atoms with Gasteiger partial charge in [0.05, 0.1) is 32.8 Å². The molecule has 0 spiro atoms. The third kappa shape index (κ3) is 4.13. The Hall–Kier alpha value is -2.74. The normalized spacial score (nSPS) is 11.4. The van der Waals surface area contributed by atoms with Gasteiger partial charge in [-0.15, -0.1) is 0 Å². The SMILES string of the molecule is COc1cccc(OCCC(C#N)c2ccc(F)cc2)c1OC. The maximum atomic E-state index is 12.9. The van der Waals surface area contributed by atoms with Gasteiger partial charge in [-0.1, -0.05) is 18.2 Å². The Labute approximate surface area is 135 Å². The van der Waals surface area contributed by atoms with Crippen LogP contribution in [-0.2, 0) is 0 Å². The molecule has 0 aliphatic carbocycles. The van der Waals surface area contributed by atoms with E-state index in [1.807, 2.05) is 0 Å². The van der Waals surface area contributed by atoms with Gasteiger partial charge in [0.1, 0.15) is 5.82 Å².